The lowest BCUT2D eigenvalue weighted by atomic mass is 10.2. The Morgan fingerprint density at radius 2 is 1.60 bits per heavy atom. The number of hydrogen-bond donors (Lipinski definition) is 1. The predicted molar refractivity (Wildman–Crippen MR) is 94.4 cm³/mol. The van der Waals surface area contributed by atoms with Gasteiger partial charge in [0.05, 0.1) is 18.2 Å². The molecule has 0 atom stereocenters. The van der Waals surface area contributed by atoms with Gasteiger partial charge in [-0.05, 0) is 48.0 Å². The summed E-state index contributed by atoms with van der Waals surface area (Å²) < 4.78 is 11.6. The van der Waals surface area contributed by atoms with Gasteiger partial charge >= 0.3 is 0 Å². The molecule has 0 unspecified atom stereocenters. The van der Waals surface area contributed by atoms with E-state index < -0.39 is 0 Å². The van der Waals surface area contributed by atoms with Crippen LogP contribution in [-0.4, -0.2) is 5.11 Å². The van der Waals surface area contributed by atoms with Gasteiger partial charge in [-0.15, -0.1) is 0 Å². The van der Waals surface area contributed by atoms with Gasteiger partial charge in [0, 0.05) is 5.56 Å². The normalized spacial score (nSPS) is 10.1. The molecule has 124 valence electrons. The molecule has 1 N–H and O–H groups in total. The van der Waals surface area contributed by atoms with Crippen molar-refractivity contribution in [3.8, 4) is 23.3 Å². The third-order valence-electron chi connectivity index (χ3n) is 3.66. The molecule has 0 fully saturated rings. The van der Waals surface area contributed by atoms with Crippen LogP contribution in [0.25, 0.3) is 0 Å². The SMILES string of the molecule is N#Cc1ccc(Oc2ccc(OCc3ccccc3)c(CO)c2)cc1. The first-order chi connectivity index (χ1) is 12.3. The monoisotopic (exact) mass is 331 g/mol. The van der Waals surface area contributed by atoms with Crippen LogP contribution in [0.4, 0.5) is 0 Å². The molecule has 0 amide bonds. The minimum atomic E-state index is -0.144. The molecule has 4 nitrogen and oxygen atoms in total. The van der Waals surface area contributed by atoms with Gasteiger partial charge in [-0.1, -0.05) is 30.3 Å². The quantitative estimate of drug-likeness (QED) is 0.726. The molecule has 0 aliphatic rings. The second-order valence-corrected chi connectivity index (χ2v) is 5.44. The lowest BCUT2D eigenvalue weighted by molar-refractivity contribution is 0.258. The molecule has 3 rings (SSSR count). The molecule has 0 spiro atoms. The molecule has 3 aromatic rings. The highest BCUT2D eigenvalue weighted by Crippen LogP contribution is 2.28. The topological polar surface area (TPSA) is 62.5 Å². The number of nitriles is 1. The van der Waals surface area contributed by atoms with E-state index in [2.05, 4.69) is 6.07 Å². The van der Waals surface area contributed by atoms with Gasteiger partial charge in [-0.25, -0.2) is 0 Å². The first kappa shape index (κ1) is 16.6. The van der Waals surface area contributed by atoms with E-state index in [0.717, 1.165) is 5.56 Å². The van der Waals surface area contributed by atoms with E-state index in [-0.39, 0.29) is 6.61 Å². The number of ether oxygens (including phenoxy) is 2. The summed E-state index contributed by atoms with van der Waals surface area (Å²) in [4.78, 5) is 0. The summed E-state index contributed by atoms with van der Waals surface area (Å²) in [5.41, 5.74) is 2.29. The fourth-order valence-electron chi connectivity index (χ4n) is 2.35. The van der Waals surface area contributed by atoms with Crippen molar-refractivity contribution in [3.63, 3.8) is 0 Å². The first-order valence-corrected chi connectivity index (χ1v) is 7.87. The van der Waals surface area contributed by atoms with Crippen LogP contribution in [0.1, 0.15) is 16.7 Å². The molecule has 0 aliphatic heterocycles. The predicted octanol–water partition coefficient (Wildman–Crippen LogP) is 4.42. The van der Waals surface area contributed by atoms with Gasteiger partial charge in [0.25, 0.3) is 0 Å². The van der Waals surface area contributed by atoms with E-state index >= 15 is 0 Å². The summed E-state index contributed by atoms with van der Waals surface area (Å²) in [6.45, 7) is 0.290. The summed E-state index contributed by atoms with van der Waals surface area (Å²) >= 11 is 0. The molecule has 0 bridgehead atoms. The van der Waals surface area contributed by atoms with Crippen molar-refractivity contribution in [3.05, 3.63) is 89.5 Å². The molecule has 3 aromatic carbocycles. The number of aliphatic hydroxyl groups is 1. The first-order valence-electron chi connectivity index (χ1n) is 7.87. The third-order valence-corrected chi connectivity index (χ3v) is 3.66. The highest BCUT2D eigenvalue weighted by molar-refractivity contribution is 5.43. The molecule has 25 heavy (non-hydrogen) atoms. The largest absolute Gasteiger partial charge is 0.489 e. The molecule has 0 aromatic heterocycles. The third kappa shape index (κ3) is 4.37. The van der Waals surface area contributed by atoms with Crippen molar-refractivity contribution in [2.45, 2.75) is 13.2 Å². The maximum Gasteiger partial charge on any atom is 0.128 e. The summed E-state index contributed by atoms with van der Waals surface area (Å²) in [5.74, 6) is 1.85. The molecule has 0 heterocycles. The van der Waals surface area contributed by atoms with Gasteiger partial charge < -0.3 is 14.6 Å². The van der Waals surface area contributed by atoms with Crippen LogP contribution >= 0.6 is 0 Å². The fraction of sp³-hybridized carbons (Fsp3) is 0.0952. The Balaban J connectivity index is 1.71. The minimum absolute atomic E-state index is 0.144. The van der Waals surface area contributed by atoms with Gasteiger partial charge in [0.15, 0.2) is 0 Å². The Bertz CT molecular complexity index is 868. The zero-order valence-electron chi connectivity index (χ0n) is 13.6. The second kappa shape index (κ2) is 8.00. The van der Waals surface area contributed by atoms with Crippen molar-refractivity contribution < 1.29 is 14.6 Å². The average molecular weight is 331 g/mol. The minimum Gasteiger partial charge on any atom is -0.489 e. The molecule has 4 heteroatoms. The van der Waals surface area contributed by atoms with E-state index in [0.29, 0.717) is 35.0 Å². The summed E-state index contributed by atoms with van der Waals surface area (Å²) in [6, 6.07) is 24.1. The lowest BCUT2D eigenvalue weighted by Crippen LogP contribution is -1.99. The highest BCUT2D eigenvalue weighted by Gasteiger charge is 2.07. The lowest BCUT2D eigenvalue weighted by Gasteiger charge is -2.12. The molecule has 0 saturated carbocycles. The van der Waals surface area contributed by atoms with E-state index in [1.807, 2.05) is 30.3 Å². The Labute approximate surface area is 146 Å². The molecule has 0 radical (unpaired) electrons. The van der Waals surface area contributed by atoms with Crippen LogP contribution in [0.5, 0.6) is 17.2 Å². The van der Waals surface area contributed by atoms with Crippen LogP contribution in [0.3, 0.4) is 0 Å². The van der Waals surface area contributed by atoms with Crippen LogP contribution < -0.4 is 9.47 Å². The van der Waals surface area contributed by atoms with E-state index in [4.69, 9.17) is 14.7 Å². The standard InChI is InChI=1S/C21H17NO3/c22-13-16-6-8-19(9-7-16)25-20-10-11-21(18(12-20)14-23)24-15-17-4-2-1-3-5-17/h1-12,23H,14-15H2. The zero-order chi connectivity index (χ0) is 17.5. The number of rotatable bonds is 6. The van der Waals surface area contributed by atoms with Gasteiger partial charge in [0.2, 0.25) is 0 Å². The van der Waals surface area contributed by atoms with Crippen molar-refractivity contribution in [1.82, 2.24) is 0 Å². The Morgan fingerprint density at radius 1 is 0.880 bits per heavy atom. The Morgan fingerprint density at radius 3 is 2.28 bits per heavy atom. The van der Waals surface area contributed by atoms with Crippen LogP contribution in [0, 0.1) is 11.3 Å². The zero-order valence-corrected chi connectivity index (χ0v) is 13.6. The average Bonchev–Trinajstić information content (AvgIpc) is 2.68. The van der Waals surface area contributed by atoms with Crippen molar-refractivity contribution >= 4 is 0 Å². The summed E-state index contributed by atoms with van der Waals surface area (Å²) in [6.07, 6.45) is 0. The molecule has 0 saturated heterocycles. The molecule has 0 aliphatic carbocycles. The number of nitrogens with zero attached hydrogens (tertiary/aromatic N) is 1. The number of hydrogen-bond acceptors (Lipinski definition) is 4. The maximum absolute atomic E-state index is 9.60. The van der Waals surface area contributed by atoms with E-state index in [9.17, 15) is 5.11 Å². The van der Waals surface area contributed by atoms with Gasteiger partial charge in [-0.3, -0.25) is 0 Å². The molecular formula is C21H17NO3. The van der Waals surface area contributed by atoms with Crippen molar-refractivity contribution in [2.75, 3.05) is 0 Å². The second-order valence-electron chi connectivity index (χ2n) is 5.44. The van der Waals surface area contributed by atoms with E-state index in [1.165, 1.54) is 0 Å². The van der Waals surface area contributed by atoms with Crippen LogP contribution in [-0.2, 0) is 13.2 Å². The summed E-state index contributed by atoms with van der Waals surface area (Å²) in [5, 5.41) is 18.4. The summed E-state index contributed by atoms with van der Waals surface area (Å²) in [7, 11) is 0. The number of benzene rings is 3. The van der Waals surface area contributed by atoms with Gasteiger partial charge in [0.1, 0.15) is 23.9 Å². The Hall–Kier alpha value is -3.29. The van der Waals surface area contributed by atoms with Crippen molar-refractivity contribution in [1.29, 1.82) is 5.26 Å². The molecular weight excluding hydrogens is 314 g/mol. The van der Waals surface area contributed by atoms with Crippen molar-refractivity contribution in [2.24, 2.45) is 0 Å². The highest BCUT2D eigenvalue weighted by atomic mass is 16.5. The fourth-order valence-corrected chi connectivity index (χ4v) is 2.35. The van der Waals surface area contributed by atoms with E-state index in [1.54, 1.807) is 42.5 Å². The smallest absolute Gasteiger partial charge is 0.128 e. The van der Waals surface area contributed by atoms with Gasteiger partial charge in [-0.2, -0.15) is 5.26 Å². The number of aliphatic hydroxyl groups excluding tert-OH is 1. The Kier molecular flexibility index (Phi) is 5.30. The van der Waals surface area contributed by atoms with Crippen LogP contribution in [0.15, 0.2) is 72.8 Å². The maximum atomic E-state index is 9.60. The van der Waals surface area contributed by atoms with Crippen LogP contribution in [0.2, 0.25) is 0 Å².